The van der Waals surface area contributed by atoms with Crippen molar-refractivity contribution in [3.63, 3.8) is 0 Å². The first-order valence-electron chi connectivity index (χ1n) is 8.68. The first kappa shape index (κ1) is 21.6. The van der Waals surface area contributed by atoms with Gasteiger partial charge in [0.25, 0.3) is 0 Å². The molecule has 162 valence electrons. The minimum Gasteiger partial charge on any atom is -0.504 e. The van der Waals surface area contributed by atoms with Gasteiger partial charge in [-0.05, 0) is 24.3 Å². The number of carbonyl (C=O) groups excluding carboxylic acids is 4. The van der Waals surface area contributed by atoms with E-state index in [4.69, 9.17) is 18.9 Å². The standard InChI is InChI=1S/C20H16O11/c1-28-15-4-10(5-16-20(15)31-8-30-16)18(26)14(24)7-29-6-13(23)17(25)9-2-11(21)19(27)12(22)3-9/h2-5,21-22,27H,6-8H2,1H3. The third kappa shape index (κ3) is 4.41. The highest BCUT2D eigenvalue weighted by Gasteiger charge is 2.26. The van der Waals surface area contributed by atoms with Crippen LogP contribution in [-0.4, -0.2) is 65.6 Å². The topological polar surface area (TPSA) is 166 Å². The third-order valence-corrected chi connectivity index (χ3v) is 4.23. The highest BCUT2D eigenvalue weighted by Crippen LogP contribution is 2.42. The highest BCUT2D eigenvalue weighted by atomic mass is 16.7. The number of hydrogen-bond donors (Lipinski definition) is 3. The molecule has 1 aliphatic rings. The van der Waals surface area contributed by atoms with E-state index in [1.165, 1.54) is 19.2 Å². The zero-order valence-corrected chi connectivity index (χ0v) is 16.0. The molecular formula is C20H16O11. The van der Waals surface area contributed by atoms with E-state index in [0.717, 1.165) is 12.1 Å². The fraction of sp³-hybridized carbons (Fsp3) is 0.200. The summed E-state index contributed by atoms with van der Waals surface area (Å²) in [4.78, 5) is 48.4. The Bertz CT molecular complexity index is 1060. The minimum absolute atomic E-state index is 0.0350. The van der Waals surface area contributed by atoms with Crippen LogP contribution in [0.1, 0.15) is 20.7 Å². The molecule has 3 N–H and O–H groups in total. The van der Waals surface area contributed by atoms with E-state index in [1.807, 2.05) is 0 Å². The molecule has 2 aromatic carbocycles. The molecule has 0 saturated carbocycles. The normalized spacial score (nSPS) is 11.8. The monoisotopic (exact) mass is 432 g/mol. The summed E-state index contributed by atoms with van der Waals surface area (Å²) in [6.07, 6.45) is 0. The van der Waals surface area contributed by atoms with Gasteiger partial charge in [-0.3, -0.25) is 19.2 Å². The first-order valence-corrected chi connectivity index (χ1v) is 8.68. The Morgan fingerprint density at radius 2 is 1.42 bits per heavy atom. The summed E-state index contributed by atoms with van der Waals surface area (Å²) >= 11 is 0. The zero-order valence-electron chi connectivity index (χ0n) is 16.0. The van der Waals surface area contributed by atoms with Gasteiger partial charge in [0.1, 0.15) is 13.2 Å². The lowest BCUT2D eigenvalue weighted by atomic mass is 10.1. The number of carbonyl (C=O) groups is 4. The van der Waals surface area contributed by atoms with Crippen molar-refractivity contribution >= 4 is 23.1 Å². The number of rotatable bonds is 9. The zero-order chi connectivity index (χ0) is 22.7. The number of methoxy groups -OCH3 is 1. The Hall–Kier alpha value is -4.12. The summed E-state index contributed by atoms with van der Waals surface area (Å²) in [6, 6.07) is 4.18. The molecule has 0 aliphatic carbocycles. The van der Waals surface area contributed by atoms with Crippen molar-refractivity contribution in [1.29, 1.82) is 0 Å². The fourth-order valence-corrected chi connectivity index (χ4v) is 2.69. The molecule has 0 spiro atoms. The molecule has 1 aliphatic heterocycles. The molecule has 0 bridgehead atoms. The van der Waals surface area contributed by atoms with Crippen LogP contribution in [0, 0.1) is 0 Å². The third-order valence-electron chi connectivity index (χ3n) is 4.23. The van der Waals surface area contributed by atoms with Crippen molar-refractivity contribution < 1.29 is 53.4 Å². The van der Waals surface area contributed by atoms with Crippen molar-refractivity contribution in [2.75, 3.05) is 27.1 Å². The van der Waals surface area contributed by atoms with E-state index >= 15 is 0 Å². The van der Waals surface area contributed by atoms with Crippen LogP contribution in [-0.2, 0) is 14.3 Å². The molecule has 0 amide bonds. The van der Waals surface area contributed by atoms with E-state index in [-0.39, 0.29) is 23.9 Å². The van der Waals surface area contributed by atoms with Gasteiger partial charge in [-0.2, -0.15) is 0 Å². The number of phenolic OH excluding ortho intramolecular Hbond substituents is 3. The number of phenols is 3. The average molecular weight is 432 g/mol. The molecular weight excluding hydrogens is 416 g/mol. The molecule has 0 fully saturated rings. The lowest BCUT2D eigenvalue weighted by molar-refractivity contribution is -0.124. The van der Waals surface area contributed by atoms with Gasteiger partial charge in [-0.15, -0.1) is 0 Å². The van der Waals surface area contributed by atoms with Gasteiger partial charge in [0, 0.05) is 11.1 Å². The lowest BCUT2D eigenvalue weighted by Gasteiger charge is -2.08. The molecule has 31 heavy (non-hydrogen) atoms. The predicted octanol–water partition coefficient (Wildman–Crippen LogP) is 0.761. The van der Waals surface area contributed by atoms with Gasteiger partial charge in [-0.25, -0.2) is 0 Å². The molecule has 2 aromatic rings. The van der Waals surface area contributed by atoms with Crippen molar-refractivity contribution in [1.82, 2.24) is 0 Å². The van der Waals surface area contributed by atoms with Crippen LogP contribution in [0.15, 0.2) is 24.3 Å². The maximum absolute atomic E-state index is 12.3. The Kier molecular flexibility index (Phi) is 6.07. The first-order chi connectivity index (χ1) is 14.7. The summed E-state index contributed by atoms with van der Waals surface area (Å²) in [7, 11) is 1.35. The van der Waals surface area contributed by atoms with Gasteiger partial charge in [0.05, 0.1) is 7.11 Å². The van der Waals surface area contributed by atoms with E-state index < -0.39 is 59.2 Å². The summed E-state index contributed by atoms with van der Waals surface area (Å²) in [5.41, 5.74) is -0.427. The van der Waals surface area contributed by atoms with Gasteiger partial charge in [-0.1, -0.05) is 0 Å². The number of hydrogen-bond acceptors (Lipinski definition) is 11. The van der Waals surface area contributed by atoms with E-state index in [2.05, 4.69) is 0 Å². The molecule has 0 saturated heterocycles. The molecule has 3 rings (SSSR count). The SMILES string of the molecule is COc1cc(C(=O)C(=O)COCC(=O)C(=O)c2cc(O)c(O)c(O)c2)cc2c1OCO2. The molecule has 11 nitrogen and oxygen atoms in total. The maximum Gasteiger partial charge on any atom is 0.231 e. The number of fused-ring (bicyclic) bond motifs is 1. The van der Waals surface area contributed by atoms with Gasteiger partial charge >= 0.3 is 0 Å². The average Bonchev–Trinajstić information content (AvgIpc) is 3.23. The number of benzene rings is 2. The van der Waals surface area contributed by atoms with E-state index in [0.29, 0.717) is 5.75 Å². The molecule has 0 unspecified atom stereocenters. The number of ether oxygens (including phenoxy) is 4. The summed E-state index contributed by atoms with van der Waals surface area (Å²) in [6.45, 7) is -1.67. The summed E-state index contributed by atoms with van der Waals surface area (Å²) in [5, 5.41) is 28.1. The quantitative estimate of drug-likeness (QED) is 0.291. The second kappa shape index (κ2) is 8.71. The van der Waals surface area contributed by atoms with Crippen LogP contribution in [0.4, 0.5) is 0 Å². The van der Waals surface area contributed by atoms with Crippen LogP contribution in [0.3, 0.4) is 0 Å². The van der Waals surface area contributed by atoms with Gasteiger partial charge in [0.15, 0.2) is 28.7 Å². The van der Waals surface area contributed by atoms with Crippen LogP contribution >= 0.6 is 0 Å². The second-order valence-electron chi connectivity index (χ2n) is 6.27. The lowest BCUT2D eigenvalue weighted by Crippen LogP contribution is -2.25. The van der Waals surface area contributed by atoms with Crippen molar-refractivity contribution in [2.24, 2.45) is 0 Å². The molecule has 0 atom stereocenters. The van der Waals surface area contributed by atoms with Crippen LogP contribution in [0.2, 0.25) is 0 Å². The van der Waals surface area contributed by atoms with Gasteiger partial charge < -0.3 is 34.3 Å². The number of aromatic hydroxyl groups is 3. The van der Waals surface area contributed by atoms with E-state index in [9.17, 15) is 34.5 Å². The summed E-state index contributed by atoms with van der Waals surface area (Å²) in [5.74, 6) is -5.84. The molecule has 1 heterocycles. The Balaban J connectivity index is 1.59. The second-order valence-corrected chi connectivity index (χ2v) is 6.27. The fourth-order valence-electron chi connectivity index (χ4n) is 2.69. The number of Topliss-reactive ketones (excluding diaryl/α,β-unsaturated/α-hetero) is 4. The van der Waals surface area contributed by atoms with Crippen molar-refractivity contribution in [2.45, 2.75) is 0 Å². The van der Waals surface area contributed by atoms with Crippen LogP contribution < -0.4 is 14.2 Å². The summed E-state index contributed by atoms with van der Waals surface area (Å²) < 4.78 is 20.4. The van der Waals surface area contributed by atoms with E-state index in [1.54, 1.807) is 0 Å². The highest BCUT2D eigenvalue weighted by molar-refractivity contribution is 6.45. The molecule has 0 radical (unpaired) electrons. The minimum atomic E-state index is -1.13. The predicted molar refractivity (Wildman–Crippen MR) is 100 cm³/mol. The van der Waals surface area contributed by atoms with Gasteiger partial charge in [0.2, 0.25) is 35.7 Å². The number of ketones is 4. The van der Waals surface area contributed by atoms with Crippen molar-refractivity contribution in [3.8, 4) is 34.5 Å². The molecule has 11 heteroatoms. The largest absolute Gasteiger partial charge is 0.504 e. The Labute approximate surface area is 174 Å². The van der Waals surface area contributed by atoms with Crippen LogP contribution in [0.5, 0.6) is 34.5 Å². The Morgan fingerprint density at radius 1 is 0.871 bits per heavy atom. The maximum atomic E-state index is 12.3. The van der Waals surface area contributed by atoms with Crippen molar-refractivity contribution in [3.05, 3.63) is 35.4 Å². The smallest absolute Gasteiger partial charge is 0.231 e. The molecule has 0 aromatic heterocycles. The van der Waals surface area contributed by atoms with Crippen LogP contribution in [0.25, 0.3) is 0 Å². The Morgan fingerprint density at radius 3 is 1.97 bits per heavy atom.